The molecule has 2 atom stereocenters. The highest BCUT2D eigenvalue weighted by Gasteiger charge is 2.34. The van der Waals surface area contributed by atoms with Crippen molar-refractivity contribution >= 4 is 29.1 Å². The van der Waals surface area contributed by atoms with Gasteiger partial charge >= 0.3 is 5.97 Å². The van der Waals surface area contributed by atoms with Crippen molar-refractivity contribution in [2.45, 2.75) is 44.9 Å². The Labute approximate surface area is 168 Å². The smallest absolute Gasteiger partial charge is 0.330 e. The number of ether oxygens (including phenoxy) is 1. The Balaban J connectivity index is 1.74. The SMILES string of the molecule is CC(C)[C@@H](NC(=O)c1cccs1)C(=O)O[C@H](C(=O)NC1CC1)c1ccccc1. The lowest BCUT2D eigenvalue weighted by Crippen LogP contribution is -2.46. The van der Waals surface area contributed by atoms with Crippen LogP contribution in [-0.4, -0.2) is 29.9 Å². The third-order valence-corrected chi connectivity index (χ3v) is 5.32. The van der Waals surface area contributed by atoms with Crippen LogP contribution in [0.3, 0.4) is 0 Å². The maximum Gasteiger partial charge on any atom is 0.330 e. The van der Waals surface area contributed by atoms with Crippen LogP contribution in [0.2, 0.25) is 0 Å². The molecule has 0 radical (unpaired) electrons. The molecule has 0 aliphatic heterocycles. The van der Waals surface area contributed by atoms with Gasteiger partial charge in [0.25, 0.3) is 11.8 Å². The van der Waals surface area contributed by atoms with E-state index in [0.717, 1.165) is 12.8 Å². The molecular weight excluding hydrogens is 376 g/mol. The predicted molar refractivity (Wildman–Crippen MR) is 107 cm³/mol. The van der Waals surface area contributed by atoms with Crippen molar-refractivity contribution in [3.05, 3.63) is 58.3 Å². The van der Waals surface area contributed by atoms with Crippen LogP contribution < -0.4 is 10.6 Å². The van der Waals surface area contributed by atoms with E-state index in [0.29, 0.717) is 10.4 Å². The molecule has 1 aromatic heterocycles. The van der Waals surface area contributed by atoms with Gasteiger partial charge < -0.3 is 15.4 Å². The number of hydrogen-bond donors (Lipinski definition) is 2. The van der Waals surface area contributed by atoms with E-state index in [4.69, 9.17) is 4.74 Å². The first kappa shape index (κ1) is 20.1. The number of rotatable bonds is 8. The van der Waals surface area contributed by atoms with Crippen molar-refractivity contribution in [3.8, 4) is 0 Å². The average Bonchev–Trinajstić information content (AvgIpc) is 3.31. The zero-order valence-corrected chi connectivity index (χ0v) is 16.7. The summed E-state index contributed by atoms with van der Waals surface area (Å²) in [7, 11) is 0. The van der Waals surface area contributed by atoms with Crippen LogP contribution in [0.5, 0.6) is 0 Å². The fourth-order valence-corrected chi connectivity index (χ4v) is 3.34. The van der Waals surface area contributed by atoms with Crippen molar-refractivity contribution in [2.75, 3.05) is 0 Å². The van der Waals surface area contributed by atoms with Gasteiger partial charge in [0.1, 0.15) is 6.04 Å². The molecule has 7 heteroatoms. The van der Waals surface area contributed by atoms with Gasteiger partial charge in [-0.15, -0.1) is 11.3 Å². The number of carbonyl (C=O) groups is 3. The summed E-state index contributed by atoms with van der Waals surface area (Å²) in [5, 5.41) is 7.42. The monoisotopic (exact) mass is 400 g/mol. The van der Waals surface area contributed by atoms with Crippen LogP contribution in [0, 0.1) is 5.92 Å². The number of esters is 1. The Kier molecular flexibility index (Phi) is 6.46. The van der Waals surface area contributed by atoms with Crippen molar-refractivity contribution in [1.29, 1.82) is 0 Å². The first-order valence-electron chi connectivity index (χ1n) is 9.36. The predicted octanol–water partition coefficient (Wildman–Crippen LogP) is 3.07. The number of thiophene rings is 1. The van der Waals surface area contributed by atoms with Crippen molar-refractivity contribution in [3.63, 3.8) is 0 Å². The van der Waals surface area contributed by atoms with E-state index in [1.165, 1.54) is 11.3 Å². The van der Waals surface area contributed by atoms with Gasteiger partial charge in [-0.25, -0.2) is 4.79 Å². The molecule has 2 aromatic rings. The van der Waals surface area contributed by atoms with Gasteiger partial charge in [0, 0.05) is 11.6 Å². The van der Waals surface area contributed by atoms with Crippen LogP contribution in [0.25, 0.3) is 0 Å². The minimum absolute atomic E-state index is 0.150. The second-order valence-electron chi connectivity index (χ2n) is 7.18. The molecule has 1 aromatic carbocycles. The summed E-state index contributed by atoms with van der Waals surface area (Å²) in [5.74, 6) is -1.49. The number of hydrogen-bond acceptors (Lipinski definition) is 5. The van der Waals surface area contributed by atoms with E-state index in [9.17, 15) is 14.4 Å². The molecule has 2 amide bonds. The average molecular weight is 401 g/mol. The second kappa shape index (κ2) is 9.01. The first-order valence-corrected chi connectivity index (χ1v) is 10.2. The molecule has 148 valence electrons. The lowest BCUT2D eigenvalue weighted by atomic mass is 10.0. The molecule has 1 saturated carbocycles. The first-order chi connectivity index (χ1) is 13.5. The summed E-state index contributed by atoms with van der Waals surface area (Å²) in [4.78, 5) is 38.4. The molecule has 3 rings (SSSR count). The number of nitrogens with one attached hydrogen (secondary N) is 2. The molecule has 0 bridgehead atoms. The van der Waals surface area contributed by atoms with Crippen molar-refractivity contribution < 1.29 is 19.1 Å². The number of amides is 2. The largest absolute Gasteiger partial charge is 0.446 e. The van der Waals surface area contributed by atoms with Crippen LogP contribution >= 0.6 is 11.3 Å². The molecule has 28 heavy (non-hydrogen) atoms. The number of carbonyl (C=O) groups excluding carboxylic acids is 3. The van der Waals surface area contributed by atoms with Crippen LogP contribution in [0.1, 0.15) is 48.0 Å². The van der Waals surface area contributed by atoms with Crippen LogP contribution in [-0.2, 0) is 14.3 Å². The lowest BCUT2D eigenvalue weighted by Gasteiger charge is -2.24. The highest BCUT2D eigenvalue weighted by molar-refractivity contribution is 7.12. The summed E-state index contributed by atoms with van der Waals surface area (Å²) in [5.41, 5.74) is 0.598. The molecule has 6 nitrogen and oxygen atoms in total. The second-order valence-corrected chi connectivity index (χ2v) is 8.13. The standard InChI is InChI=1S/C21H24N2O4S/c1-13(2)17(23-19(24)16-9-6-12-28-16)21(26)27-18(14-7-4-3-5-8-14)20(25)22-15-10-11-15/h3-9,12-13,15,17-18H,10-11H2,1-2H3,(H,22,25)(H,23,24)/t17-,18+/m1/s1. The van der Waals surface area contributed by atoms with Gasteiger partial charge in [-0.3, -0.25) is 9.59 Å². The molecule has 0 saturated heterocycles. The zero-order chi connectivity index (χ0) is 20.1. The van der Waals surface area contributed by atoms with Gasteiger partial charge in [0.05, 0.1) is 4.88 Å². The van der Waals surface area contributed by atoms with Gasteiger partial charge in [-0.05, 0) is 30.2 Å². The third kappa shape index (κ3) is 5.19. The van der Waals surface area contributed by atoms with Crippen molar-refractivity contribution in [1.82, 2.24) is 10.6 Å². The lowest BCUT2D eigenvalue weighted by molar-refractivity contribution is -0.159. The molecule has 0 unspecified atom stereocenters. The summed E-state index contributed by atoms with van der Waals surface area (Å²) >= 11 is 1.30. The summed E-state index contributed by atoms with van der Waals surface area (Å²) in [6.45, 7) is 3.64. The van der Waals surface area contributed by atoms with E-state index in [-0.39, 0.29) is 23.8 Å². The molecule has 1 heterocycles. The maximum atomic E-state index is 12.9. The highest BCUT2D eigenvalue weighted by Crippen LogP contribution is 2.24. The van der Waals surface area contributed by atoms with Gasteiger partial charge in [0.15, 0.2) is 0 Å². The van der Waals surface area contributed by atoms with Crippen LogP contribution in [0.15, 0.2) is 47.8 Å². The highest BCUT2D eigenvalue weighted by atomic mass is 32.1. The Bertz CT molecular complexity index is 816. The van der Waals surface area contributed by atoms with E-state index in [2.05, 4.69) is 10.6 Å². The third-order valence-electron chi connectivity index (χ3n) is 4.45. The van der Waals surface area contributed by atoms with Gasteiger partial charge in [-0.1, -0.05) is 50.2 Å². The molecule has 1 aliphatic carbocycles. The Morgan fingerprint density at radius 2 is 1.79 bits per heavy atom. The van der Waals surface area contributed by atoms with E-state index >= 15 is 0 Å². The zero-order valence-electron chi connectivity index (χ0n) is 15.9. The normalized spacial score (nSPS) is 15.5. The molecule has 0 spiro atoms. The number of benzene rings is 1. The topological polar surface area (TPSA) is 84.5 Å². The maximum absolute atomic E-state index is 12.9. The fraction of sp³-hybridized carbons (Fsp3) is 0.381. The molecule has 2 N–H and O–H groups in total. The van der Waals surface area contributed by atoms with E-state index in [1.807, 2.05) is 19.9 Å². The fourth-order valence-electron chi connectivity index (χ4n) is 2.71. The molecule has 1 aliphatic rings. The van der Waals surface area contributed by atoms with E-state index < -0.39 is 18.1 Å². The quantitative estimate of drug-likeness (QED) is 0.667. The molecular formula is C21H24N2O4S. The summed E-state index contributed by atoms with van der Waals surface area (Å²) in [6, 6.07) is 11.7. The Morgan fingerprint density at radius 1 is 1.07 bits per heavy atom. The van der Waals surface area contributed by atoms with Crippen molar-refractivity contribution in [2.24, 2.45) is 5.92 Å². The Hall–Kier alpha value is -2.67. The van der Waals surface area contributed by atoms with E-state index in [1.54, 1.807) is 41.8 Å². The summed E-state index contributed by atoms with van der Waals surface area (Å²) < 4.78 is 5.61. The van der Waals surface area contributed by atoms with Gasteiger partial charge in [-0.2, -0.15) is 0 Å². The minimum atomic E-state index is -1.05. The minimum Gasteiger partial charge on any atom is -0.446 e. The van der Waals surface area contributed by atoms with Gasteiger partial charge in [0.2, 0.25) is 6.10 Å². The summed E-state index contributed by atoms with van der Waals surface area (Å²) in [6.07, 6.45) is 0.827. The Morgan fingerprint density at radius 3 is 2.36 bits per heavy atom. The van der Waals surface area contributed by atoms with Crippen LogP contribution in [0.4, 0.5) is 0 Å². The molecule has 1 fully saturated rings.